The van der Waals surface area contributed by atoms with Crippen LogP contribution in [0.3, 0.4) is 0 Å². The van der Waals surface area contributed by atoms with Crippen LogP contribution in [0.2, 0.25) is 0 Å². The average Bonchev–Trinajstić information content (AvgIpc) is 2.54. The minimum absolute atomic E-state index is 0.344. The molecule has 21 heavy (non-hydrogen) atoms. The molecule has 1 aromatic rings. The van der Waals surface area contributed by atoms with Crippen molar-refractivity contribution in [3.63, 3.8) is 0 Å². The average molecular weight is 289 g/mol. The maximum Gasteiger partial charge on any atom is 0.139 e. The van der Waals surface area contributed by atoms with E-state index in [1.54, 1.807) is 0 Å². The first kappa shape index (κ1) is 15.8. The summed E-state index contributed by atoms with van der Waals surface area (Å²) < 4.78 is 0. The second-order valence-electron chi connectivity index (χ2n) is 6.02. The molecule has 0 radical (unpaired) electrons. The van der Waals surface area contributed by atoms with E-state index in [4.69, 9.17) is 10.9 Å². The Bertz CT molecular complexity index is 425. The lowest BCUT2D eigenvalue weighted by molar-refractivity contribution is 0.181. The smallest absolute Gasteiger partial charge is 0.139 e. The molecule has 0 spiro atoms. The zero-order valence-electron chi connectivity index (χ0n) is 12.7. The minimum atomic E-state index is 0.344. The van der Waals surface area contributed by atoms with Crippen molar-refractivity contribution in [2.45, 2.75) is 38.5 Å². The fourth-order valence-corrected chi connectivity index (χ4v) is 3.05. The van der Waals surface area contributed by atoms with Crippen molar-refractivity contribution in [3.05, 3.63) is 35.9 Å². The summed E-state index contributed by atoms with van der Waals surface area (Å²) in [4.78, 5) is 2.55. The Balaban J connectivity index is 1.60. The van der Waals surface area contributed by atoms with Crippen LogP contribution >= 0.6 is 0 Å². The van der Waals surface area contributed by atoms with Crippen LogP contribution in [0.25, 0.3) is 0 Å². The van der Waals surface area contributed by atoms with Crippen LogP contribution in [-0.2, 0) is 6.42 Å². The number of nitrogens with two attached hydrogens (primary N) is 1. The van der Waals surface area contributed by atoms with Gasteiger partial charge in [0.05, 0.1) is 0 Å². The van der Waals surface area contributed by atoms with Crippen molar-refractivity contribution in [1.82, 2.24) is 4.90 Å². The van der Waals surface area contributed by atoms with E-state index in [2.05, 4.69) is 40.4 Å². The Kier molecular flexibility index (Phi) is 6.54. The second kappa shape index (κ2) is 8.67. The van der Waals surface area contributed by atoms with E-state index >= 15 is 0 Å². The molecule has 0 aliphatic carbocycles. The van der Waals surface area contributed by atoms with Gasteiger partial charge in [-0.15, -0.1) is 0 Å². The van der Waals surface area contributed by atoms with Crippen molar-refractivity contribution in [2.24, 2.45) is 16.8 Å². The van der Waals surface area contributed by atoms with Crippen LogP contribution in [0.5, 0.6) is 0 Å². The third-order valence-corrected chi connectivity index (χ3v) is 4.36. The number of unbranched alkanes of at least 4 members (excludes halogenated alkanes) is 1. The third kappa shape index (κ3) is 5.76. The Hall–Kier alpha value is -1.55. The number of oxime groups is 1. The van der Waals surface area contributed by atoms with Gasteiger partial charge in [-0.25, -0.2) is 0 Å². The molecule has 0 bridgehead atoms. The topological polar surface area (TPSA) is 61.8 Å². The maximum atomic E-state index is 8.49. The van der Waals surface area contributed by atoms with Gasteiger partial charge in [-0.2, -0.15) is 0 Å². The lowest BCUT2D eigenvalue weighted by Crippen LogP contribution is -2.35. The van der Waals surface area contributed by atoms with Crippen LogP contribution in [0.4, 0.5) is 0 Å². The number of rotatable bonds is 7. The van der Waals surface area contributed by atoms with Crippen LogP contribution in [0.15, 0.2) is 35.5 Å². The number of hydrogen-bond donors (Lipinski definition) is 2. The molecule has 1 aliphatic heterocycles. The summed E-state index contributed by atoms with van der Waals surface area (Å²) in [6.45, 7) is 3.55. The van der Waals surface area contributed by atoms with Gasteiger partial charge >= 0.3 is 0 Å². The number of piperidine rings is 1. The molecule has 1 heterocycles. The van der Waals surface area contributed by atoms with Crippen LogP contribution in [0.1, 0.15) is 37.7 Å². The standard InChI is InChI=1S/C17H27N3O/c18-17(19-21)8-4-5-11-20-12-9-16(10-13-20)14-15-6-2-1-3-7-15/h1-3,6-7,16,21H,4-5,8-14H2,(H2,18,19). The largest absolute Gasteiger partial charge is 0.409 e. The van der Waals surface area contributed by atoms with E-state index in [0.717, 1.165) is 25.3 Å². The molecule has 4 heteroatoms. The number of hydrogen-bond acceptors (Lipinski definition) is 3. The minimum Gasteiger partial charge on any atom is -0.409 e. The highest BCUT2D eigenvalue weighted by molar-refractivity contribution is 5.79. The lowest BCUT2D eigenvalue weighted by Gasteiger charge is -2.32. The Morgan fingerprint density at radius 3 is 2.57 bits per heavy atom. The van der Waals surface area contributed by atoms with Gasteiger partial charge in [-0.1, -0.05) is 35.5 Å². The van der Waals surface area contributed by atoms with Crippen molar-refractivity contribution in [1.29, 1.82) is 0 Å². The molecule has 0 saturated carbocycles. The fraction of sp³-hybridized carbons (Fsp3) is 0.588. The normalized spacial score (nSPS) is 18.0. The zero-order chi connectivity index (χ0) is 14.9. The molecule has 1 saturated heterocycles. The van der Waals surface area contributed by atoms with Gasteiger partial charge in [0.2, 0.25) is 0 Å². The van der Waals surface area contributed by atoms with Gasteiger partial charge in [-0.05, 0) is 63.2 Å². The first-order chi connectivity index (χ1) is 10.3. The van der Waals surface area contributed by atoms with Crippen molar-refractivity contribution < 1.29 is 5.21 Å². The van der Waals surface area contributed by atoms with E-state index in [0.29, 0.717) is 12.3 Å². The van der Waals surface area contributed by atoms with Crippen LogP contribution < -0.4 is 5.73 Å². The highest BCUT2D eigenvalue weighted by atomic mass is 16.4. The van der Waals surface area contributed by atoms with E-state index < -0.39 is 0 Å². The summed E-state index contributed by atoms with van der Waals surface area (Å²) >= 11 is 0. The van der Waals surface area contributed by atoms with Gasteiger partial charge in [0.1, 0.15) is 5.84 Å². The predicted molar refractivity (Wildman–Crippen MR) is 86.6 cm³/mol. The second-order valence-corrected chi connectivity index (χ2v) is 6.02. The van der Waals surface area contributed by atoms with E-state index in [1.165, 1.54) is 37.9 Å². The molecule has 0 atom stereocenters. The summed E-state index contributed by atoms with van der Waals surface area (Å²) in [5.41, 5.74) is 6.94. The maximum absolute atomic E-state index is 8.49. The zero-order valence-corrected chi connectivity index (χ0v) is 12.7. The van der Waals surface area contributed by atoms with Gasteiger partial charge in [0.25, 0.3) is 0 Å². The number of nitrogens with zero attached hydrogens (tertiary/aromatic N) is 2. The van der Waals surface area contributed by atoms with E-state index in [-0.39, 0.29) is 0 Å². The Morgan fingerprint density at radius 2 is 1.90 bits per heavy atom. The van der Waals surface area contributed by atoms with E-state index in [1.807, 2.05) is 0 Å². The summed E-state index contributed by atoms with van der Waals surface area (Å²) in [6.07, 6.45) is 6.64. The van der Waals surface area contributed by atoms with Gasteiger partial charge < -0.3 is 15.8 Å². The molecule has 1 aliphatic rings. The number of amidine groups is 1. The van der Waals surface area contributed by atoms with E-state index in [9.17, 15) is 0 Å². The Morgan fingerprint density at radius 1 is 1.19 bits per heavy atom. The molecular weight excluding hydrogens is 262 g/mol. The molecule has 1 aromatic carbocycles. The molecule has 4 nitrogen and oxygen atoms in total. The summed E-state index contributed by atoms with van der Waals surface area (Å²) in [6, 6.07) is 10.8. The molecular formula is C17H27N3O. The van der Waals surface area contributed by atoms with Crippen LogP contribution in [-0.4, -0.2) is 35.6 Å². The highest BCUT2D eigenvalue weighted by Crippen LogP contribution is 2.21. The van der Waals surface area contributed by atoms with Crippen LogP contribution in [0, 0.1) is 5.92 Å². The van der Waals surface area contributed by atoms with Gasteiger partial charge in [-0.3, -0.25) is 0 Å². The summed E-state index contributed by atoms with van der Waals surface area (Å²) in [5, 5.41) is 11.5. The number of likely N-dealkylation sites (tertiary alicyclic amines) is 1. The fourth-order valence-electron chi connectivity index (χ4n) is 3.05. The van der Waals surface area contributed by atoms with Crippen molar-refractivity contribution in [3.8, 4) is 0 Å². The molecule has 1 fully saturated rings. The first-order valence-corrected chi connectivity index (χ1v) is 8.00. The predicted octanol–water partition coefficient (Wildman–Crippen LogP) is 2.86. The number of benzene rings is 1. The molecule has 0 amide bonds. The molecule has 3 N–H and O–H groups in total. The Labute approximate surface area is 127 Å². The van der Waals surface area contributed by atoms with Crippen molar-refractivity contribution in [2.75, 3.05) is 19.6 Å². The SMILES string of the molecule is NC(CCCCN1CCC(Cc2ccccc2)CC1)=NO. The molecule has 0 aromatic heterocycles. The molecule has 0 unspecified atom stereocenters. The molecule has 2 rings (SSSR count). The lowest BCUT2D eigenvalue weighted by atomic mass is 9.90. The third-order valence-electron chi connectivity index (χ3n) is 4.36. The van der Waals surface area contributed by atoms with Gasteiger partial charge in [0.15, 0.2) is 0 Å². The summed E-state index contributed by atoms with van der Waals surface area (Å²) in [5.74, 6) is 1.18. The van der Waals surface area contributed by atoms with Gasteiger partial charge in [0, 0.05) is 6.42 Å². The first-order valence-electron chi connectivity index (χ1n) is 8.00. The summed E-state index contributed by atoms with van der Waals surface area (Å²) in [7, 11) is 0. The molecule has 116 valence electrons. The van der Waals surface area contributed by atoms with Crippen molar-refractivity contribution >= 4 is 5.84 Å². The monoisotopic (exact) mass is 289 g/mol. The highest BCUT2D eigenvalue weighted by Gasteiger charge is 2.18. The quantitative estimate of drug-likeness (QED) is 0.267.